The van der Waals surface area contributed by atoms with Crippen LogP contribution in [0.25, 0.3) is 0 Å². The molecule has 10 heteroatoms. The van der Waals surface area contributed by atoms with Gasteiger partial charge in [-0.15, -0.1) is 12.4 Å². The lowest BCUT2D eigenvalue weighted by Gasteiger charge is -2.07. The highest BCUT2D eigenvalue weighted by Gasteiger charge is 2.16. The van der Waals surface area contributed by atoms with E-state index in [1.807, 2.05) is 30.3 Å². The van der Waals surface area contributed by atoms with Gasteiger partial charge in [0.25, 0.3) is 5.91 Å². The highest BCUT2D eigenvalue weighted by atomic mass is 35.5. The number of hydrogen-bond donors (Lipinski definition) is 4. The van der Waals surface area contributed by atoms with Crippen LogP contribution in [0.4, 0.5) is 11.6 Å². The van der Waals surface area contributed by atoms with Crippen LogP contribution in [-0.4, -0.2) is 28.4 Å². The Morgan fingerprint density at radius 2 is 1.83 bits per heavy atom. The average molecular weight is 370 g/mol. The number of benzene rings is 1. The summed E-state index contributed by atoms with van der Waals surface area (Å²) in [5, 5.41) is 2.27. The maximum absolute atomic E-state index is 12.0. The summed E-state index contributed by atoms with van der Waals surface area (Å²) < 4.78 is 0. The topological polar surface area (TPSA) is 145 Å². The molecule has 0 aliphatic carbocycles. The highest BCUT2D eigenvalue weighted by Crippen LogP contribution is 2.17. The van der Waals surface area contributed by atoms with E-state index >= 15 is 0 Å². The molecular formula is C14H17Cl2N7O. The van der Waals surface area contributed by atoms with Gasteiger partial charge in [-0.05, 0) is 12.0 Å². The molecule has 0 unspecified atom stereocenters. The minimum absolute atomic E-state index is 0. The van der Waals surface area contributed by atoms with Crippen molar-refractivity contribution < 1.29 is 4.79 Å². The summed E-state index contributed by atoms with van der Waals surface area (Å²) in [5.41, 5.74) is 17.7. The number of nitrogens with two attached hydrogens (primary N) is 3. The van der Waals surface area contributed by atoms with Crippen LogP contribution in [0.1, 0.15) is 16.1 Å². The van der Waals surface area contributed by atoms with Crippen LogP contribution in [0.2, 0.25) is 5.15 Å². The Labute approximate surface area is 149 Å². The molecule has 0 saturated heterocycles. The predicted molar refractivity (Wildman–Crippen MR) is 97.2 cm³/mol. The van der Waals surface area contributed by atoms with Crippen molar-refractivity contribution >= 4 is 47.5 Å². The lowest BCUT2D eigenvalue weighted by atomic mass is 10.2. The van der Waals surface area contributed by atoms with Gasteiger partial charge >= 0.3 is 0 Å². The Kier molecular flexibility index (Phi) is 7.22. The Hall–Kier alpha value is -2.58. The Morgan fingerprint density at radius 3 is 2.50 bits per heavy atom. The van der Waals surface area contributed by atoms with Gasteiger partial charge in [0, 0.05) is 6.54 Å². The Balaban J connectivity index is 0.00000288. The molecule has 24 heavy (non-hydrogen) atoms. The van der Waals surface area contributed by atoms with Gasteiger partial charge in [-0.1, -0.05) is 41.9 Å². The molecular weight excluding hydrogens is 353 g/mol. The van der Waals surface area contributed by atoms with Crippen LogP contribution in [0.3, 0.4) is 0 Å². The summed E-state index contributed by atoms with van der Waals surface area (Å²) in [7, 11) is 0. The lowest BCUT2D eigenvalue weighted by Crippen LogP contribution is -2.38. The molecule has 0 spiro atoms. The van der Waals surface area contributed by atoms with Crippen molar-refractivity contribution in [1.82, 2.24) is 15.3 Å². The second-order valence-corrected chi connectivity index (χ2v) is 4.95. The van der Waals surface area contributed by atoms with Gasteiger partial charge in [-0.2, -0.15) is 0 Å². The van der Waals surface area contributed by atoms with Gasteiger partial charge in [0.2, 0.25) is 0 Å². The lowest BCUT2D eigenvalue weighted by molar-refractivity contribution is 0.0972. The zero-order valence-electron chi connectivity index (χ0n) is 12.6. The number of aromatic nitrogens is 2. The SMILES string of the molecule is Cl.NC(=NCCc1ccccc1)NC(=O)c1nc(Cl)c(N)nc1N. The van der Waals surface area contributed by atoms with Crippen molar-refractivity contribution in [2.75, 3.05) is 18.0 Å². The smallest absolute Gasteiger partial charge is 0.280 e. The third-order valence-electron chi connectivity index (χ3n) is 2.89. The summed E-state index contributed by atoms with van der Waals surface area (Å²) in [6.07, 6.45) is 0.701. The van der Waals surface area contributed by atoms with E-state index in [1.54, 1.807) is 0 Å². The number of aliphatic imine (C=N–C) groups is 1. The number of carbonyl (C=O) groups is 1. The molecule has 0 bridgehead atoms. The van der Waals surface area contributed by atoms with E-state index in [0.717, 1.165) is 5.56 Å². The summed E-state index contributed by atoms with van der Waals surface area (Å²) in [6, 6.07) is 9.78. The first kappa shape index (κ1) is 19.5. The molecule has 2 aromatic rings. The third kappa shape index (κ3) is 5.25. The third-order valence-corrected chi connectivity index (χ3v) is 3.17. The number of hydrogen-bond acceptors (Lipinski definition) is 6. The average Bonchev–Trinajstić information content (AvgIpc) is 2.51. The van der Waals surface area contributed by atoms with E-state index in [2.05, 4.69) is 20.3 Å². The minimum atomic E-state index is -0.655. The van der Waals surface area contributed by atoms with Gasteiger partial charge < -0.3 is 17.2 Å². The Morgan fingerprint density at radius 1 is 1.17 bits per heavy atom. The standard InChI is InChI=1S/C14H16ClN7O.ClH/c15-10-12(17)21-11(16)9(20-10)13(23)22-14(18)19-7-6-8-4-2-1-3-5-8;/h1-5H,6-7H2,(H4,16,17,21)(H3,18,19,22,23);1H. The van der Waals surface area contributed by atoms with E-state index < -0.39 is 5.91 Å². The van der Waals surface area contributed by atoms with E-state index in [9.17, 15) is 4.79 Å². The highest BCUT2D eigenvalue weighted by molar-refractivity contribution is 6.31. The molecule has 7 N–H and O–H groups in total. The van der Waals surface area contributed by atoms with Crippen molar-refractivity contribution in [3.63, 3.8) is 0 Å². The zero-order chi connectivity index (χ0) is 16.8. The first-order valence-electron chi connectivity index (χ1n) is 6.71. The fraction of sp³-hybridized carbons (Fsp3) is 0.143. The molecule has 0 aliphatic heterocycles. The van der Waals surface area contributed by atoms with Gasteiger partial charge in [-0.25, -0.2) is 9.97 Å². The molecule has 128 valence electrons. The van der Waals surface area contributed by atoms with Crippen LogP contribution >= 0.6 is 24.0 Å². The minimum Gasteiger partial charge on any atom is -0.382 e. The molecule has 1 amide bonds. The molecule has 0 fully saturated rings. The number of nitrogens with zero attached hydrogens (tertiary/aromatic N) is 3. The number of rotatable bonds is 4. The van der Waals surface area contributed by atoms with Crippen molar-refractivity contribution in [2.45, 2.75) is 6.42 Å². The number of nitrogens with one attached hydrogen (secondary N) is 1. The number of nitrogen functional groups attached to an aromatic ring is 2. The van der Waals surface area contributed by atoms with E-state index in [1.165, 1.54) is 0 Å². The molecule has 2 rings (SSSR count). The molecule has 1 aromatic heterocycles. The largest absolute Gasteiger partial charge is 0.382 e. The second-order valence-electron chi connectivity index (χ2n) is 4.59. The number of halogens is 2. The van der Waals surface area contributed by atoms with Crippen LogP contribution in [0, 0.1) is 0 Å². The van der Waals surface area contributed by atoms with Crippen LogP contribution in [-0.2, 0) is 6.42 Å². The molecule has 1 heterocycles. The first-order chi connectivity index (χ1) is 11.0. The van der Waals surface area contributed by atoms with Crippen LogP contribution in [0.15, 0.2) is 35.3 Å². The zero-order valence-corrected chi connectivity index (χ0v) is 14.1. The van der Waals surface area contributed by atoms with Crippen molar-refractivity contribution in [3.8, 4) is 0 Å². The second kappa shape index (κ2) is 8.90. The molecule has 0 aliphatic rings. The molecule has 0 atom stereocenters. The summed E-state index contributed by atoms with van der Waals surface area (Å²) >= 11 is 5.72. The van der Waals surface area contributed by atoms with E-state index in [0.29, 0.717) is 13.0 Å². The van der Waals surface area contributed by atoms with Crippen molar-refractivity contribution in [1.29, 1.82) is 0 Å². The maximum Gasteiger partial charge on any atom is 0.280 e. The maximum atomic E-state index is 12.0. The normalized spacial score (nSPS) is 10.8. The number of guanidine groups is 1. The van der Waals surface area contributed by atoms with E-state index in [-0.39, 0.29) is 40.8 Å². The van der Waals surface area contributed by atoms with Crippen molar-refractivity contribution in [3.05, 3.63) is 46.7 Å². The quantitative estimate of drug-likeness (QED) is 0.467. The summed E-state index contributed by atoms with van der Waals surface area (Å²) in [4.78, 5) is 23.6. The van der Waals surface area contributed by atoms with Gasteiger partial charge in [0.05, 0.1) is 0 Å². The number of anilines is 2. The first-order valence-corrected chi connectivity index (χ1v) is 7.09. The fourth-order valence-electron chi connectivity index (χ4n) is 1.77. The van der Waals surface area contributed by atoms with Gasteiger partial charge in [0.1, 0.15) is 0 Å². The summed E-state index contributed by atoms with van der Waals surface area (Å²) in [6.45, 7) is 0.430. The molecule has 8 nitrogen and oxygen atoms in total. The van der Waals surface area contributed by atoms with Crippen LogP contribution < -0.4 is 22.5 Å². The molecule has 0 radical (unpaired) electrons. The summed E-state index contributed by atoms with van der Waals surface area (Å²) in [5.74, 6) is -0.885. The van der Waals surface area contributed by atoms with Crippen LogP contribution in [0.5, 0.6) is 0 Å². The van der Waals surface area contributed by atoms with E-state index in [4.69, 9.17) is 28.8 Å². The van der Waals surface area contributed by atoms with Gasteiger partial charge in [-0.3, -0.25) is 15.1 Å². The monoisotopic (exact) mass is 369 g/mol. The number of carbonyl (C=O) groups excluding carboxylic acids is 1. The Bertz CT molecular complexity index is 737. The van der Waals surface area contributed by atoms with Gasteiger partial charge in [0.15, 0.2) is 28.4 Å². The molecule has 0 saturated carbocycles. The molecule has 1 aromatic carbocycles. The van der Waals surface area contributed by atoms with Crippen molar-refractivity contribution in [2.24, 2.45) is 10.7 Å². The number of amides is 1. The predicted octanol–water partition coefficient (Wildman–Crippen LogP) is 1.00. The fourth-order valence-corrected chi connectivity index (χ4v) is 1.90.